The topological polar surface area (TPSA) is 108 Å². The fourth-order valence-electron chi connectivity index (χ4n) is 5.76. The average Bonchev–Trinajstić information content (AvgIpc) is 3.42. The minimum Gasteiger partial charge on any atom is -0.494 e. The standard InChI is InChI=1S/C24H24F3N3O5/c1-22-11-29(21(33)34-15-5-3-4-6-15)12-23(2,35-22)18-17(22)19(31)30(20(18)32)14-8-7-13(10-28)16(9-14)24(25,26)27/h7-9,15,31-32H,3-6,11-12H2,1-2H3. The number of benzene rings is 1. The van der Waals surface area contributed by atoms with Crippen LogP contribution in [-0.2, 0) is 26.9 Å². The number of alkyl halides is 3. The van der Waals surface area contributed by atoms with Gasteiger partial charge in [-0.1, -0.05) is 0 Å². The van der Waals surface area contributed by atoms with Crippen LogP contribution in [0.5, 0.6) is 11.8 Å². The van der Waals surface area contributed by atoms with Gasteiger partial charge in [0.15, 0.2) is 0 Å². The monoisotopic (exact) mass is 491 g/mol. The van der Waals surface area contributed by atoms with E-state index >= 15 is 0 Å². The summed E-state index contributed by atoms with van der Waals surface area (Å²) in [6, 6.07) is 4.43. The number of aromatic hydroxyl groups is 2. The molecule has 1 saturated heterocycles. The van der Waals surface area contributed by atoms with E-state index in [1.165, 1.54) is 17.0 Å². The molecule has 2 bridgehead atoms. The minimum atomic E-state index is -4.81. The molecule has 1 aromatic carbocycles. The maximum Gasteiger partial charge on any atom is 0.417 e. The Labute approximate surface area is 199 Å². The number of hydrogen-bond donors (Lipinski definition) is 2. The van der Waals surface area contributed by atoms with Crippen LogP contribution in [0.4, 0.5) is 18.0 Å². The van der Waals surface area contributed by atoms with Crippen molar-refractivity contribution in [2.45, 2.75) is 63.0 Å². The number of nitriles is 1. The highest BCUT2D eigenvalue weighted by atomic mass is 19.4. The van der Waals surface area contributed by atoms with E-state index in [1.54, 1.807) is 13.8 Å². The van der Waals surface area contributed by atoms with Crippen LogP contribution < -0.4 is 0 Å². The van der Waals surface area contributed by atoms with Crippen molar-refractivity contribution in [2.75, 3.05) is 13.1 Å². The summed E-state index contributed by atoms with van der Waals surface area (Å²) in [5, 5.41) is 31.3. The molecular weight excluding hydrogens is 467 g/mol. The number of morpholine rings is 1. The highest BCUT2D eigenvalue weighted by molar-refractivity contribution is 5.70. The van der Waals surface area contributed by atoms with Crippen molar-refractivity contribution < 1.29 is 37.7 Å². The summed E-state index contributed by atoms with van der Waals surface area (Å²) in [6.45, 7) is 3.35. The van der Waals surface area contributed by atoms with Gasteiger partial charge in [-0.3, -0.25) is 4.57 Å². The number of aromatic nitrogens is 1. The van der Waals surface area contributed by atoms with Crippen molar-refractivity contribution in [1.82, 2.24) is 9.47 Å². The fraction of sp³-hybridized carbons (Fsp3) is 0.500. The van der Waals surface area contributed by atoms with Gasteiger partial charge in [0.1, 0.15) is 17.3 Å². The van der Waals surface area contributed by atoms with E-state index in [4.69, 9.17) is 14.7 Å². The van der Waals surface area contributed by atoms with Crippen molar-refractivity contribution in [3.05, 3.63) is 40.5 Å². The molecule has 1 amide bonds. The Morgan fingerprint density at radius 2 is 1.71 bits per heavy atom. The van der Waals surface area contributed by atoms with Gasteiger partial charge in [0.25, 0.3) is 0 Å². The summed E-state index contributed by atoms with van der Waals surface area (Å²) < 4.78 is 53.3. The Balaban J connectivity index is 1.55. The molecule has 2 aromatic rings. The van der Waals surface area contributed by atoms with Crippen LogP contribution in [0.3, 0.4) is 0 Å². The van der Waals surface area contributed by atoms with Crippen LogP contribution in [0, 0.1) is 11.3 Å². The molecule has 2 aliphatic heterocycles. The van der Waals surface area contributed by atoms with Crippen LogP contribution in [0.25, 0.3) is 5.69 Å². The molecule has 1 saturated carbocycles. The van der Waals surface area contributed by atoms with E-state index in [0.717, 1.165) is 36.3 Å². The van der Waals surface area contributed by atoms with Crippen LogP contribution in [0.2, 0.25) is 0 Å². The largest absolute Gasteiger partial charge is 0.494 e. The van der Waals surface area contributed by atoms with E-state index in [0.29, 0.717) is 6.07 Å². The van der Waals surface area contributed by atoms with Crippen molar-refractivity contribution in [1.29, 1.82) is 5.26 Å². The van der Waals surface area contributed by atoms with Gasteiger partial charge in [0.05, 0.1) is 47.1 Å². The third-order valence-corrected chi connectivity index (χ3v) is 7.13. The smallest absolute Gasteiger partial charge is 0.417 e. The number of rotatable bonds is 2. The summed E-state index contributed by atoms with van der Waals surface area (Å²) in [5.74, 6) is -0.986. The molecule has 1 aromatic heterocycles. The molecule has 11 heteroatoms. The number of carbonyl (C=O) groups excluding carboxylic acids is 1. The molecule has 0 spiro atoms. The zero-order valence-electron chi connectivity index (χ0n) is 19.1. The van der Waals surface area contributed by atoms with Crippen LogP contribution >= 0.6 is 0 Å². The third-order valence-electron chi connectivity index (χ3n) is 7.13. The van der Waals surface area contributed by atoms with E-state index in [1.807, 2.05) is 0 Å². The number of hydrogen-bond acceptors (Lipinski definition) is 6. The molecule has 2 unspecified atom stereocenters. The summed E-state index contributed by atoms with van der Waals surface area (Å²) in [6.07, 6.45) is -1.84. The van der Waals surface area contributed by atoms with E-state index in [-0.39, 0.29) is 36.0 Å². The zero-order chi connectivity index (χ0) is 25.3. The second kappa shape index (κ2) is 7.55. The number of halogens is 3. The normalized spacial score (nSPS) is 26.0. The number of nitrogens with zero attached hydrogens (tertiary/aromatic N) is 3. The van der Waals surface area contributed by atoms with Gasteiger partial charge in [-0.15, -0.1) is 0 Å². The van der Waals surface area contributed by atoms with Gasteiger partial charge in [-0.25, -0.2) is 4.79 Å². The first kappa shape index (κ1) is 23.4. The Kier molecular flexibility index (Phi) is 5.04. The highest BCUT2D eigenvalue weighted by Crippen LogP contribution is 2.59. The van der Waals surface area contributed by atoms with E-state index < -0.39 is 46.4 Å². The molecular formula is C24H24F3N3O5. The quantitative estimate of drug-likeness (QED) is 0.634. The van der Waals surface area contributed by atoms with Gasteiger partial charge in [0, 0.05) is 0 Å². The number of amides is 1. The Morgan fingerprint density at radius 1 is 1.14 bits per heavy atom. The second-order valence-electron chi connectivity index (χ2n) is 9.78. The number of fused-ring (bicyclic) bond motifs is 5. The predicted octanol–water partition coefficient (Wildman–Crippen LogP) is 4.63. The van der Waals surface area contributed by atoms with Crippen molar-refractivity contribution in [2.24, 2.45) is 0 Å². The Morgan fingerprint density at radius 3 is 2.23 bits per heavy atom. The molecule has 0 radical (unpaired) electrons. The second-order valence-corrected chi connectivity index (χ2v) is 9.78. The van der Waals surface area contributed by atoms with Crippen molar-refractivity contribution >= 4 is 6.09 Å². The SMILES string of the molecule is CC12CN(C(=O)OC3CCCC3)CC(C)(O1)c1c2c(O)n(-c2ccc(C#N)c(C(F)(F)F)c2)c1O. The zero-order valence-corrected chi connectivity index (χ0v) is 19.1. The lowest BCUT2D eigenvalue weighted by Gasteiger charge is -2.43. The molecule has 3 heterocycles. The first-order valence-electron chi connectivity index (χ1n) is 11.3. The van der Waals surface area contributed by atoms with Crippen LogP contribution in [-0.4, -0.2) is 45.0 Å². The molecule has 2 fully saturated rings. The Hall–Kier alpha value is -3.39. The van der Waals surface area contributed by atoms with Crippen molar-refractivity contribution in [3.63, 3.8) is 0 Å². The first-order valence-corrected chi connectivity index (χ1v) is 11.3. The summed E-state index contributed by atoms with van der Waals surface area (Å²) in [7, 11) is 0. The highest BCUT2D eigenvalue weighted by Gasteiger charge is 2.60. The van der Waals surface area contributed by atoms with E-state index in [2.05, 4.69) is 0 Å². The van der Waals surface area contributed by atoms with Gasteiger partial charge in [-0.2, -0.15) is 18.4 Å². The summed E-state index contributed by atoms with van der Waals surface area (Å²) in [4.78, 5) is 14.3. The predicted molar refractivity (Wildman–Crippen MR) is 115 cm³/mol. The van der Waals surface area contributed by atoms with Crippen LogP contribution in [0.15, 0.2) is 18.2 Å². The third kappa shape index (κ3) is 3.50. The maximum atomic E-state index is 13.5. The first-order chi connectivity index (χ1) is 16.4. The molecule has 1 aliphatic carbocycles. The van der Waals surface area contributed by atoms with E-state index in [9.17, 15) is 28.2 Å². The molecule has 2 atom stereocenters. The summed E-state index contributed by atoms with van der Waals surface area (Å²) in [5.41, 5.74) is -3.98. The number of carbonyl (C=O) groups is 1. The fourth-order valence-corrected chi connectivity index (χ4v) is 5.76. The molecule has 35 heavy (non-hydrogen) atoms. The minimum absolute atomic E-state index is 0.0271. The lowest BCUT2D eigenvalue weighted by atomic mass is 9.94. The summed E-state index contributed by atoms with van der Waals surface area (Å²) >= 11 is 0. The molecule has 186 valence electrons. The Bertz CT molecular complexity index is 1220. The molecule has 2 N–H and O–H groups in total. The van der Waals surface area contributed by atoms with Gasteiger partial charge < -0.3 is 24.6 Å². The van der Waals surface area contributed by atoms with Gasteiger partial charge in [0.2, 0.25) is 11.8 Å². The lowest BCUT2D eigenvalue weighted by molar-refractivity contribution is -0.181. The lowest BCUT2D eigenvalue weighted by Crippen LogP contribution is -2.54. The maximum absolute atomic E-state index is 13.5. The molecule has 3 aliphatic rings. The van der Waals surface area contributed by atoms with Crippen molar-refractivity contribution in [3.8, 4) is 23.5 Å². The molecule has 8 nitrogen and oxygen atoms in total. The van der Waals surface area contributed by atoms with Gasteiger partial charge in [-0.05, 0) is 57.7 Å². The molecule has 5 rings (SSSR count). The van der Waals surface area contributed by atoms with Gasteiger partial charge >= 0.3 is 12.3 Å². The average molecular weight is 491 g/mol. The number of ether oxygens (including phenoxy) is 2. The van der Waals surface area contributed by atoms with Crippen LogP contribution in [0.1, 0.15) is 61.8 Å².